The zero-order valence-corrected chi connectivity index (χ0v) is 11.1. The minimum absolute atomic E-state index is 0.113. The van der Waals surface area contributed by atoms with Crippen molar-refractivity contribution in [2.45, 2.75) is 6.04 Å². The predicted molar refractivity (Wildman–Crippen MR) is 77.3 cm³/mol. The number of nitrogens with zero attached hydrogens (tertiary/aromatic N) is 1. The molecule has 1 aromatic heterocycles. The van der Waals surface area contributed by atoms with Gasteiger partial charge in [0.05, 0.1) is 6.04 Å². The Bertz CT molecular complexity index is 764. The molecule has 0 bridgehead atoms. The summed E-state index contributed by atoms with van der Waals surface area (Å²) in [5.74, 6) is 4.26. The van der Waals surface area contributed by atoms with Gasteiger partial charge in [-0.3, -0.25) is 10.8 Å². The molecule has 0 fully saturated rings. The highest BCUT2D eigenvalue weighted by atomic mass is 19.1. The van der Waals surface area contributed by atoms with E-state index in [-0.39, 0.29) is 5.56 Å². The van der Waals surface area contributed by atoms with Crippen LogP contribution in [0.2, 0.25) is 0 Å². The van der Waals surface area contributed by atoms with Crippen LogP contribution < -0.4 is 11.3 Å². The summed E-state index contributed by atoms with van der Waals surface area (Å²) in [6.07, 6.45) is 3.27. The summed E-state index contributed by atoms with van der Waals surface area (Å²) in [6.45, 7) is 0. The molecule has 0 aliphatic rings. The standard InChI is InChI=1S/C16H13F2N3/c17-13-6-3-7-14(18)15(13)16(21-19)12-9-20-8-10-4-1-2-5-11(10)12/h1-9,16,21H,19H2. The Morgan fingerprint density at radius 3 is 2.38 bits per heavy atom. The molecule has 0 spiro atoms. The van der Waals surface area contributed by atoms with Crippen LogP contribution in [0, 0.1) is 11.6 Å². The highest BCUT2D eigenvalue weighted by Gasteiger charge is 2.22. The van der Waals surface area contributed by atoms with E-state index in [4.69, 9.17) is 5.84 Å². The first-order valence-corrected chi connectivity index (χ1v) is 6.45. The van der Waals surface area contributed by atoms with Crippen LogP contribution in [0.1, 0.15) is 17.2 Å². The lowest BCUT2D eigenvalue weighted by Gasteiger charge is -2.19. The fourth-order valence-electron chi connectivity index (χ4n) is 2.49. The molecule has 0 radical (unpaired) electrons. The maximum Gasteiger partial charge on any atom is 0.131 e. The average Bonchev–Trinajstić information content (AvgIpc) is 2.51. The van der Waals surface area contributed by atoms with Gasteiger partial charge in [0.15, 0.2) is 0 Å². The summed E-state index contributed by atoms with van der Waals surface area (Å²) in [5, 5.41) is 1.73. The second-order valence-corrected chi connectivity index (χ2v) is 4.68. The third kappa shape index (κ3) is 2.37. The third-order valence-corrected chi connectivity index (χ3v) is 3.47. The lowest BCUT2D eigenvalue weighted by atomic mass is 9.95. The smallest absolute Gasteiger partial charge is 0.131 e. The molecule has 0 saturated heterocycles. The summed E-state index contributed by atoms with van der Waals surface area (Å²) in [4.78, 5) is 4.13. The average molecular weight is 285 g/mol. The van der Waals surface area contributed by atoms with Crippen LogP contribution in [-0.2, 0) is 0 Å². The monoisotopic (exact) mass is 285 g/mol. The normalized spacial score (nSPS) is 12.5. The molecule has 0 saturated carbocycles. The topological polar surface area (TPSA) is 50.9 Å². The zero-order chi connectivity index (χ0) is 14.8. The maximum absolute atomic E-state index is 14.0. The molecule has 21 heavy (non-hydrogen) atoms. The lowest BCUT2D eigenvalue weighted by molar-refractivity contribution is 0.511. The molecule has 0 aliphatic heterocycles. The number of aromatic nitrogens is 1. The molecule has 5 heteroatoms. The second-order valence-electron chi connectivity index (χ2n) is 4.68. The number of pyridine rings is 1. The van der Waals surface area contributed by atoms with Gasteiger partial charge < -0.3 is 0 Å². The van der Waals surface area contributed by atoms with Gasteiger partial charge in [0.2, 0.25) is 0 Å². The van der Waals surface area contributed by atoms with Crippen molar-refractivity contribution in [3.8, 4) is 0 Å². The van der Waals surface area contributed by atoms with Crippen molar-refractivity contribution in [3.63, 3.8) is 0 Å². The van der Waals surface area contributed by atoms with Crippen molar-refractivity contribution in [3.05, 3.63) is 77.6 Å². The highest BCUT2D eigenvalue weighted by molar-refractivity contribution is 5.85. The van der Waals surface area contributed by atoms with Crippen LogP contribution in [0.4, 0.5) is 8.78 Å². The summed E-state index contributed by atoms with van der Waals surface area (Å²) < 4.78 is 28.0. The number of halogens is 2. The number of hydrazine groups is 1. The predicted octanol–water partition coefficient (Wildman–Crippen LogP) is 3.07. The van der Waals surface area contributed by atoms with Crippen LogP contribution >= 0.6 is 0 Å². The van der Waals surface area contributed by atoms with Gasteiger partial charge in [0.1, 0.15) is 11.6 Å². The zero-order valence-electron chi connectivity index (χ0n) is 11.1. The minimum Gasteiger partial charge on any atom is -0.271 e. The van der Waals surface area contributed by atoms with E-state index in [1.165, 1.54) is 18.2 Å². The number of nitrogens with one attached hydrogen (secondary N) is 1. The van der Waals surface area contributed by atoms with Gasteiger partial charge in [-0.25, -0.2) is 14.2 Å². The molecule has 1 unspecified atom stereocenters. The van der Waals surface area contributed by atoms with E-state index in [2.05, 4.69) is 10.4 Å². The van der Waals surface area contributed by atoms with Gasteiger partial charge in [-0.05, 0) is 17.5 Å². The first kappa shape index (κ1) is 13.6. The molecule has 2 aromatic carbocycles. The molecule has 0 amide bonds. The molecule has 0 aliphatic carbocycles. The molecule has 1 atom stereocenters. The van der Waals surface area contributed by atoms with Crippen molar-refractivity contribution in [1.82, 2.24) is 10.4 Å². The minimum atomic E-state index is -0.815. The van der Waals surface area contributed by atoms with Crippen molar-refractivity contribution >= 4 is 10.8 Å². The van der Waals surface area contributed by atoms with E-state index in [1.54, 1.807) is 12.4 Å². The third-order valence-electron chi connectivity index (χ3n) is 3.47. The Hall–Kier alpha value is -2.37. The van der Waals surface area contributed by atoms with Crippen molar-refractivity contribution in [2.75, 3.05) is 0 Å². The van der Waals surface area contributed by atoms with E-state index in [9.17, 15) is 8.78 Å². The molecule has 3 rings (SSSR count). The van der Waals surface area contributed by atoms with Gasteiger partial charge in [-0.2, -0.15) is 0 Å². The van der Waals surface area contributed by atoms with Crippen LogP contribution in [-0.4, -0.2) is 4.98 Å². The lowest BCUT2D eigenvalue weighted by Crippen LogP contribution is -2.30. The Labute approximate surface area is 120 Å². The molecule has 1 heterocycles. The van der Waals surface area contributed by atoms with Crippen LogP contribution in [0.15, 0.2) is 54.9 Å². The van der Waals surface area contributed by atoms with Crippen LogP contribution in [0.3, 0.4) is 0 Å². The first-order valence-electron chi connectivity index (χ1n) is 6.45. The Morgan fingerprint density at radius 1 is 0.952 bits per heavy atom. The van der Waals surface area contributed by atoms with Crippen molar-refractivity contribution in [1.29, 1.82) is 0 Å². The van der Waals surface area contributed by atoms with E-state index in [0.29, 0.717) is 5.56 Å². The molecule has 3 aromatic rings. The second kappa shape index (κ2) is 5.55. The molecule has 3 nitrogen and oxygen atoms in total. The molecule has 3 N–H and O–H groups in total. The van der Waals surface area contributed by atoms with E-state index in [1.807, 2.05) is 24.3 Å². The number of fused-ring (bicyclic) bond motifs is 1. The van der Waals surface area contributed by atoms with Gasteiger partial charge in [-0.1, -0.05) is 30.3 Å². The Kier molecular flexibility index (Phi) is 3.60. The van der Waals surface area contributed by atoms with E-state index in [0.717, 1.165) is 10.8 Å². The fourth-order valence-corrected chi connectivity index (χ4v) is 2.49. The Balaban J connectivity index is 2.24. The largest absolute Gasteiger partial charge is 0.271 e. The van der Waals surface area contributed by atoms with E-state index >= 15 is 0 Å². The summed E-state index contributed by atoms with van der Waals surface area (Å²) in [6, 6.07) is 10.4. The van der Waals surface area contributed by atoms with Crippen LogP contribution in [0.5, 0.6) is 0 Å². The van der Waals surface area contributed by atoms with Gasteiger partial charge in [-0.15, -0.1) is 0 Å². The molecule has 106 valence electrons. The quantitative estimate of drug-likeness (QED) is 0.574. The van der Waals surface area contributed by atoms with Crippen molar-refractivity contribution < 1.29 is 8.78 Å². The van der Waals surface area contributed by atoms with Crippen molar-refractivity contribution in [2.24, 2.45) is 5.84 Å². The van der Waals surface area contributed by atoms with Gasteiger partial charge >= 0.3 is 0 Å². The van der Waals surface area contributed by atoms with Gasteiger partial charge in [0, 0.05) is 28.9 Å². The fraction of sp³-hybridized carbons (Fsp3) is 0.0625. The van der Waals surface area contributed by atoms with Gasteiger partial charge in [0.25, 0.3) is 0 Å². The number of benzene rings is 2. The molecular formula is C16H13F2N3. The number of rotatable bonds is 3. The number of hydrogen-bond donors (Lipinski definition) is 2. The Morgan fingerprint density at radius 2 is 1.67 bits per heavy atom. The summed E-state index contributed by atoms with van der Waals surface area (Å²) in [7, 11) is 0. The number of nitrogens with two attached hydrogens (primary N) is 1. The van der Waals surface area contributed by atoms with Crippen LogP contribution in [0.25, 0.3) is 10.8 Å². The summed E-state index contributed by atoms with van der Waals surface area (Å²) >= 11 is 0. The first-order chi connectivity index (χ1) is 10.2. The highest BCUT2D eigenvalue weighted by Crippen LogP contribution is 2.30. The number of hydrogen-bond acceptors (Lipinski definition) is 3. The van der Waals surface area contributed by atoms with E-state index < -0.39 is 17.7 Å². The SMILES string of the molecule is NNC(c1c(F)cccc1F)c1cncc2ccccc12. The molecular weight excluding hydrogens is 272 g/mol. The maximum atomic E-state index is 14.0. The summed E-state index contributed by atoms with van der Waals surface area (Å²) in [5.41, 5.74) is 3.00.